The van der Waals surface area contributed by atoms with E-state index in [1.807, 2.05) is 31.2 Å². The van der Waals surface area contributed by atoms with E-state index in [2.05, 4.69) is 25.1 Å². The summed E-state index contributed by atoms with van der Waals surface area (Å²) in [7, 11) is -3.67. The molecule has 2 heterocycles. The Morgan fingerprint density at radius 1 is 1.18 bits per heavy atom. The van der Waals surface area contributed by atoms with Crippen molar-refractivity contribution in [2.45, 2.75) is 24.3 Å². The maximum Gasteiger partial charge on any atom is 0.242 e. The molecule has 9 nitrogen and oxygen atoms in total. The number of pyridine rings is 1. The Labute approximate surface area is 162 Å². The van der Waals surface area contributed by atoms with E-state index in [1.54, 1.807) is 11.0 Å². The van der Waals surface area contributed by atoms with Crippen LogP contribution in [0.1, 0.15) is 24.9 Å². The first-order valence-corrected chi connectivity index (χ1v) is 10.1. The Hall–Kier alpha value is -3.11. The monoisotopic (exact) mass is 400 g/mol. The molecular formula is C18H20N6O3S. The number of aromatic nitrogens is 4. The second-order valence-electron chi connectivity index (χ2n) is 6.06. The quantitative estimate of drug-likeness (QED) is 0.587. The predicted octanol–water partition coefficient (Wildman–Crippen LogP) is 1.21. The van der Waals surface area contributed by atoms with E-state index in [0.717, 1.165) is 11.3 Å². The van der Waals surface area contributed by atoms with Crippen molar-refractivity contribution in [3.05, 3.63) is 67.0 Å². The van der Waals surface area contributed by atoms with Gasteiger partial charge in [0.2, 0.25) is 15.9 Å². The van der Waals surface area contributed by atoms with Crippen molar-refractivity contribution in [3.63, 3.8) is 0 Å². The zero-order chi connectivity index (χ0) is 20.0. The summed E-state index contributed by atoms with van der Waals surface area (Å²) in [4.78, 5) is 19.9. The Balaban J connectivity index is 1.49. The van der Waals surface area contributed by atoms with Gasteiger partial charge in [-0.05, 0) is 36.8 Å². The number of carbonyl (C=O) groups is 1. The molecule has 0 fully saturated rings. The molecule has 28 heavy (non-hydrogen) atoms. The maximum atomic E-state index is 12.1. The van der Waals surface area contributed by atoms with Crippen LogP contribution in [-0.2, 0) is 14.8 Å². The number of rotatable bonds is 8. The molecule has 0 aliphatic rings. The van der Waals surface area contributed by atoms with Crippen LogP contribution in [0, 0.1) is 0 Å². The predicted molar refractivity (Wildman–Crippen MR) is 102 cm³/mol. The molecule has 0 spiro atoms. The Morgan fingerprint density at radius 2 is 1.96 bits per heavy atom. The number of hydrogen-bond donors (Lipinski definition) is 2. The fraction of sp³-hybridized carbons (Fsp3) is 0.222. The molecule has 0 aliphatic carbocycles. The van der Waals surface area contributed by atoms with Crippen molar-refractivity contribution in [1.82, 2.24) is 29.8 Å². The SMILES string of the molecule is CC(NC(=O)CCNS(=O)(=O)c1cccnc1)c1ccc(-n2cncn2)cc1. The third kappa shape index (κ3) is 4.99. The smallest absolute Gasteiger partial charge is 0.242 e. The highest BCUT2D eigenvalue weighted by Gasteiger charge is 2.15. The highest BCUT2D eigenvalue weighted by atomic mass is 32.2. The Morgan fingerprint density at radius 3 is 2.61 bits per heavy atom. The van der Waals surface area contributed by atoms with E-state index in [-0.39, 0.29) is 29.8 Å². The van der Waals surface area contributed by atoms with Crippen LogP contribution in [0.4, 0.5) is 0 Å². The molecule has 10 heteroatoms. The maximum absolute atomic E-state index is 12.1. The molecule has 0 saturated carbocycles. The van der Waals surface area contributed by atoms with E-state index in [9.17, 15) is 13.2 Å². The Bertz CT molecular complexity index is 1010. The summed E-state index contributed by atoms with van der Waals surface area (Å²) < 4.78 is 28.2. The number of nitrogens with one attached hydrogen (secondary N) is 2. The normalized spacial score (nSPS) is 12.5. The largest absolute Gasteiger partial charge is 0.350 e. The fourth-order valence-corrected chi connectivity index (χ4v) is 3.54. The average molecular weight is 400 g/mol. The van der Waals surface area contributed by atoms with E-state index < -0.39 is 10.0 Å². The van der Waals surface area contributed by atoms with Gasteiger partial charge in [0.1, 0.15) is 17.6 Å². The van der Waals surface area contributed by atoms with Crippen LogP contribution >= 0.6 is 0 Å². The summed E-state index contributed by atoms with van der Waals surface area (Å²) in [6, 6.07) is 10.3. The molecular weight excluding hydrogens is 380 g/mol. The van der Waals surface area contributed by atoms with Gasteiger partial charge in [0, 0.05) is 25.4 Å². The highest BCUT2D eigenvalue weighted by molar-refractivity contribution is 7.89. The van der Waals surface area contributed by atoms with Gasteiger partial charge in [0.15, 0.2) is 0 Å². The van der Waals surface area contributed by atoms with Crippen molar-refractivity contribution in [1.29, 1.82) is 0 Å². The molecule has 1 atom stereocenters. The second kappa shape index (κ2) is 8.72. The third-order valence-electron chi connectivity index (χ3n) is 4.04. The van der Waals surface area contributed by atoms with Gasteiger partial charge in [-0.2, -0.15) is 5.10 Å². The molecule has 146 valence electrons. The molecule has 0 aliphatic heterocycles. The lowest BCUT2D eigenvalue weighted by atomic mass is 10.1. The van der Waals surface area contributed by atoms with Crippen LogP contribution < -0.4 is 10.0 Å². The number of amides is 1. The van der Waals surface area contributed by atoms with Crippen LogP contribution in [0.25, 0.3) is 5.69 Å². The number of nitrogens with zero attached hydrogens (tertiary/aromatic N) is 4. The van der Waals surface area contributed by atoms with Crippen molar-refractivity contribution in [2.75, 3.05) is 6.54 Å². The molecule has 0 bridgehead atoms. The first kappa shape index (κ1) is 19.6. The van der Waals surface area contributed by atoms with Crippen molar-refractivity contribution in [3.8, 4) is 5.69 Å². The molecule has 1 unspecified atom stereocenters. The number of hydrogen-bond acceptors (Lipinski definition) is 6. The topological polar surface area (TPSA) is 119 Å². The molecule has 1 aromatic carbocycles. The van der Waals surface area contributed by atoms with Crippen LogP contribution in [0.3, 0.4) is 0 Å². The second-order valence-corrected chi connectivity index (χ2v) is 7.82. The number of sulfonamides is 1. The molecule has 2 aromatic heterocycles. The van der Waals surface area contributed by atoms with Gasteiger partial charge < -0.3 is 5.32 Å². The summed E-state index contributed by atoms with van der Waals surface area (Å²) >= 11 is 0. The lowest BCUT2D eigenvalue weighted by Crippen LogP contribution is -2.32. The number of carbonyl (C=O) groups excluding carboxylic acids is 1. The van der Waals surface area contributed by atoms with Crippen molar-refractivity contribution >= 4 is 15.9 Å². The summed E-state index contributed by atoms with van der Waals surface area (Å²) in [6.07, 6.45) is 5.84. The zero-order valence-electron chi connectivity index (χ0n) is 15.2. The third-order valence-corrected chi connectivity index (χ3v) is 5.49. The van der Waals surface area contributed by atoms with Crippen LogP contribution in [0.15, 0.2) is 66.3 Å². The minimum atomic E-state index is -3.67. The van der Waals surface area contributed by atoms with Gasteiger partial charge in [0.25, 0.3) is 0 Å². The van der Waals surface area contributed by atoms with E-state index in [1.165, 1.54) is 30.9 Å². The van der Waals surface area contributed by atoms with Gasteiger partial charge in [-0.25, -0.2) is 22.8 Å². The minimum absolute atomic E-state index is 0.00101. The molecule has 3 rings (SSSR count). The van der Waals surface area contributed by atoms with Gasteiger partial charge in [-0.1, -0.05) is 12.1 Å². The summed E-state index contributed by atoms with van der Waals surface area (Å²) in [5, 5.41) is 6.92. The van der Waals surface area contributed by atoms with Crippen molar-refractivity contribution < 1.29 is 13.2 Å². The summed E-state index contributed by atoms with van der Waals surface area (Å²) in [5.41, 5.74) is 1.79. The summed E-state index contributed by atoms with van der Waals surface area (Å²) in [6.45, 7) is 1.86. The first-order valence-electron chi connectivity index (χ1n) is 8.60. The van der Waals surface area contributed by atoms with Gasteiger partial charge in [-0.15, -0.1) is 0 Å². The first-order chi connectivity index (χ1) is 13.5. The standard InChI is InChI=1S/C18H20N6O3S/c1-14(15-4-6-16(7-5-15)24-13-20-12-21-24)23-18(25)8-10-22-28(26,27)17-3-2-9-19-11-17/h2-7,9,11-14,22H,8,10H2,1H3,(H,23,25). The van der Waals surface area contributed by atoms with Crippen LogP contribution in [-0.4, -0.2) is 40.6 Å². The fourth-order valence-electron chi connectivity index (χ4n) is 2.54. The zero-order valence-corrected chi connectivity index (χ0v) is 16.0. The van der Waals surface area contributed by atoms with E-state index in [4.69, 9.17) is 0 Å². The van der Waals surface area contributed by atoms with Gasteiger partial charge >= 0.3 is 0 Å². The molecule has 3 aromatic rings. The molecule has 0 saturated heterocycles. The molecule has 0 radical (unpaired) electrons. The lowest BCUT2D eigenvalue weighted by molar-refractivity contribution is -0.121. The Kier molecular flexibility index (Phi) is 6.12. The van der Waals surface area contributed by atoms with Crippen molar-refractivity contribution in [2.24, 2.45) is 0 Å². The molecule has 2 N–H and O–H groups in total. The number of benzene rings is 1. The van der Waals surface area contributed by atoms with Gasteiger partial charge in [0.05, 0.1) is 11.7 Å². The highest BCUT2D eigenvalue weighted by Crippen LogP contribution is 2.15. The minimum Gasteiger partial charge on any atom is -0.350 e. The van der Waals surface area contributed by atoms with Crippen LogP contribution in [0.5, 0.6) is 0 Å². The van der Waals surface area contributed by atoms with E-state index in [0.29, 0.717) is 0 Å². The molecule has 1 amide bonds. The lowest BCUT2D eigenvalue weighted by Gasteiger charge is -2.15. The summed E-state index contributed by atoms with van der Waals surface area (Å²) in [5.74, 6) is -0.248. The average Bonchev–Trinajstić information content (AvgIpc) is 3.23. The van der Waals surface area contributed by atoms with Gasteiger partial charge in [-0.3, -0.25) is 9.78 Å². The van der Waals surface area contributed by atoms with E-state index >= 15 is 0 Å². The van der Waals surface area contributed by atoms with Crippen LogP contribution in [0.2, 0.25) is 0 Å².